The monoisotopic (exact) mass is 491 g/mol. The summed E-state index contributed by atoms with van der Waals surface area (Å²) in [6, 6.07) is 16.5. The third-order valence-corrected chi connectivity index (χ3v) is 5.50. The highest BCUT2D eigenvalue weighted by Crippen LogP contribution is 2.37. The first-order valence-electron chi connectivity index (χ1n) is 10.5. The van der Waals surface area contributed by atoms with Crippen molar-refractivity contribution in [2.75, 3.05) is 12.4 Å². The molecular weight excluding hydrogens is 470 g/mol. The van der Waals surface area contributed by atoms with Crippen LogP contribution in [0.3, 0.4) is 0 Å². The van der Waals surface area contributed by atoms with Crippen molar-refractivity contribution < 1.29 is 19.2 Å². The van der Waals surface area contributed by atoms with E-state index in [4.69, 9.17) is 21.1 Å². The summed E-state index contributed by atoms with van der Waals surface area (Å²) in [5.41, 5.74) is 3.75. The molecule has 3 aromatic carbocycles. The first-order chi connectivity index (χ1) is 16.7. The number of nitro benzene ring substituents is 1. The van der Waals surface area contributed by atoms with Gasteiger partial charge in [-0.1, -0.05) is 17.7 Å². The quantitative estimate of drug-likeness (QED) is 0.179. The third-order valence-electron chi connectivity index (χ3n) is 5.22. The maximum absolute atomic E-state index is 12.6. The van der Waals surface area contributed by atoms with Crippen molar-refractivity contribution in [2.45, 2.75) is 20.5 Å². The van der Waals surface area contributed by atoms with Crippen molar-refractivity contribution in [3.63, 3.8) is 0 Å². The first-order valence-corrected chi connectivity index (χ1v) is 10.8. The molecule has 0 aromatic heterocycles. The van der Waals surface area contributed by atoms with Gasteiger partial charge in [0.25, 0.3) is 11.6 Å². The van der Waals surface area contributed by atoms with Crippen molar-refractivity contribution in [1.29, 1.82) is 5.26 Å². The normalized spacial score (nSPS) is 10.9. The molecule has 0 aliphatic carbocycles. The summed E-state index contributed by atoms with van der Waals surface area (Å²) in [5, 5.41) is 23.3. The van der Waals surface area contributed by atoms with E-state index >= 15 is 0 Å². The van der Waals surface area contributed by atoms with Crippen LogP contribution in [0, 0.1) is 35.3 Å². The molecule has 9 heteroatoms. The largest absolute Gasteiger partial charge is 0.493 e. The minimum absolute atomic E-state index is 0.0182. The minimum atomic E-state index is -0.552. The number of ether oxygens (including phenoxy) is 2. The fraction of sp³-hybridized carbons (Fsp3) is 0.154. The number of amides is 1. The smallest absolute Gasteiger partial charge is 0.269 e. The second-order valence-corrected chi connectivity index (χ2v) is 8.08. The zero-order valence-corrected chi connectivity index (χ0v) is 20.1. The number of nitriles is 1. The Hall–Kier alpha value is -4.35. The van der Waals surface area contributed by atoms with Gasteiger partial charge in [0.1, 0.15) is 18.2 Å². The lowest BCUT2D eigenvalue weighted by atomic mass is 10.1. The van der Waals surface area contributed by atoms with Gasteiger partial charge in [-0.2, -0.15) is 5.26 Å². The summed E-state index contributed by atoms with van der Waals surface area (Å²) in [4.78, 5) is 23.0. The summed E-state index contributed by atoms with van der Waals surface area (Å²) in [7, 11) is 1.44. The number of anilines is 1. The molecule has 0 spiro atoms. The SMILES string of the molecule is COc1cc(/C=C(\C#N)C(=O)Nc2ccc(C)c(C)c2)cc(Cl)c1OCc1ccc([N+](=O)[O-])cc1. The van der Waals surface area contributed by atoms with Crippen LogP contribution >= 0.6 is 11.6 Å². The van der Waals surface area contributed by atoms with Crippen LogP contribution in [0.2, 0.25) is 5.02 Å². The lowest BCUT2D eigenvalue weighted by Crippen LogP contribution is -2.13. The number of rotatable bonds is 8. The van der Waals surface area contributed by atoms with Crippen molar-refractivity contribution in [3.05, 3.63) is 97.6 Å². The Kier molecular flexibility index (Phi) is 8.08. The standard InChI is InChI=1S/C26H22ClN3O5/c1-16-4-7-21(10-17(16)2)29-26(31)20(14-28)11-19-12-23(27)25(24(13-19)34-3)35-15-18-5-8-22(9-6-18)30(32)33/h4-13H,15H2,1-3H3,(H,29,31)/b20-11+. The van der Waals surface area contributed by atoms with Gasteiger partial charge in [0.15, 0.2) is 11.5 Å². The van der Waals surface area contributed by atoms with E-state index < -0.39 is 10.8 Å². The highest BCUT2D eigenvalue weighted by Gasteiger charge is 2.15. The lowest BCUT2D eigenvalue weighted by Gasteiger charge is -2.14. The average molecular weight is 492 g/mol. The van der Waals surface area contributed by atoms with Crippen LogP contribution in [-0.2, 0) is 11.4 Å². The summed E-state index contributed by atoms with van der Waals surface area (Å²) in [6.07, 6.45) is 1.41. The molecule has 0 radical (unpaired) electrons. The molecule has 0 saturated heterocycles. The van der Waals surface area contributed by atoms with Crippen LogP contribution in [0.25, 0.3) is 6.08 Å². The fourth-order valence-corrected chi connectivity index (χ4v) is 3.44. The number of carbonyl (C=O) groups is 1. The molecule has 1 N–H and O–H groups in total. The van der Waals surface area contributed by atoms with Crippen molar-refractivity contribution in [3.8, 4) is 17.6 Å². The Morgan fingerprint density at radius 3 is 2.46 bits per heavy atom. The predicted octanol–water partition coefficient (Wildman–Crippen LogP) is 6.00. The van der Waals surface area contributed by atoms with Gasteiger partial charge in [0.2, 0.25) is 0 Å². The van der Waals surface area contributed by atoms with Crippen LogP contribution in [0.5, 0.6) is 11.5 Å². The summed E-state index contributed by atoms with van der Waals surface area (Å²) in [6.45, 7) is 4.01. The Morgan fingerprint density at radius 2 is 1.86 bits per heavy atom. The van der Waals surface area contributed by atoms with Gasteiger partial charge < -0.3 is 14.8 Å². The molecule has 3 rings (SSSR count). The second kappa shape index (κ2) is 11.2. The van der Waals surface area contributed by atoms with Gasteiger partial charge in [-0.05, 0) is 78.6 Å². The van der Waals surface area contributed by atoms with E-state index in [2.05, 4.69) is 5.32 Å². The number of carbonyl (C=O) groups excluding carboxylic acids is 1. The molecule has 8 nitrogen and oxygen atoms in total. The number of nitro groups is 1. The lowest BCUT2D eigenvalue weighted by molar-refractivity contribution is -0.384. The summed E-state index contributed by atoms with van der Waals surface area (Å²) in [5.74, 6) is 0.0182. The molecule has 0 heterocycles. The Bertz CT molecular complexity index is 1340. The summed E-state index contributed by atoms with van der Waals surface area (Å²) >= 11 is 6.41. The topological polar surface area (TPSA) is 114 Å². The number of non-ortho nitro benzene ring substituents is 1. The molecule has 0 aliphatic heterocycles. The maximum Gasteiger partial charge on any atom is 0.269 e. The second-order valence-electron chi connectivity index (χ2n) is 7.67. The van der Waals surface area contributed by atoms with Crippen LogP contribution in [0.1, 0.15) is 22.3 Å². The summed E-state index contributed by atoms with van der Waals surface area (Å²) < 4.78 is 11.2. The van der Waals surface area contributed by atoms with Crippen LogP contribution in [-0.4, -0.2) is 17.9 Å². The number of nitrogens with zero attached hydrogens (tertiary/aromatic N) is 2. The number of methoxy groups -OCH3 is 1. The van der Waals surface area contributed by atoms with E-state index in [1.807, 2.05) is 32.0 Å². The van der Waals surface area contributed by atoms with Gasteiger partial charge >= 0.3 is 0 Å². The highest BCUT2D eigenvalue weighted by molar-refractivity contribution is 6.32. The minimum Gasteiger partial charge on any atom is -0.493 e. The number of aryl methyl sites for hydroxylation is 2. The van der Waals surface area contributed by atoms with Crippen LogP contribution in [0.15, 0.2) is 60.2 Å². The fourth-order valence-electron chi connectivity index (χ4n) is 3.17. The number of benzene rings is 3. The van der Waals surface area contributed by atoms with Gasteiger partial charge in [0, 0.05) is 17.8 Å². The third kappa shape index (κ3) is 6.37. The van der Waals surface area contributed by atoms with Crippen molar-refractivity contribution in [1.82, 2.24) is 0 Å². The molecule has 1 amide bonds. The van der Waals surface area contributed by atoms with Gasteiger partial charge in [-0.3, -0.25) is 14.9 Å². The van der Waals surface area contributed by atoms with Crippen molar-refractivity contribution >= 4 is 35.0 Å². The Labute approximate surface area is 207 Å². The van der Waals surface area contributed by atoms with E-state index in [1.165, 1.54) is 25.3 Å². The van der Waals surface area contributed by atoms with Crippen LogP contribution in [0.4, 0.5) is 11.4 Å². The Morgan fingerprint density at radius 1 is 1.14 bits per heavy atom. The predicted molar refractivity (Wildman–Crippen MR) is 134 cm³/mol. The van der Waals surface area contributed by atoms with E-state index in [-0.39, 0.29) is 28.6 Å². The van der Waals surface area contributed by atoms with Gasteiger partial charge in [-0.15, -0.1) is 0 Å². The Balaban J connectivity index is 1.79. The van der Waals surface area contributed by atoms with E-state index in [9.17, 15) is 20.2 Å². The molecule has 35 heavy (non-hydrogen) atoms. The number of hydrogen-bond acceptors (Lipinski definition) is 6. The zero-order valence-electron chi connectivity index (χ0n) is 19.3. The highest BCUT2D eigenvalue weighted by atomic mass is 35.5. The molecule has 0 atom stereocenters. The van der Waals surface area contributed by atoms with Gasteiger partial charge in [0.05, 0.1) is 17.1 Å². The van der Waals surface area contributed by atoms with E-state index in [0.29, 0.717) is 22.6 Å². The average Bonchev–Trinajstić information content (AvgIpc) is 2.84. The molecule has 0 saturated carbocycles. The van der Waals surface area contributed by atoms with E-state index in [0.717, 1.165) is 11.1 Å². The molecule has 0 fully saturated rings. The van der Waals surface area contributed by atoms with Crippen LogP contribution < -0.4 is 14.8 Å². The number of hydrogen-bond donors (Lipinski definition) is 1. The molecule has 0 bridgehead atoms. The number of halogens is 1. The first kappa shape index (κ1) is 25.3. The molecule has 0 aliphatic rings. The van der Waals surface area contributed by atoms with Crippen molar-refractivity contribution in [2.24, 2.45) is 0 Å². The molecular formula is C26H22ClN3O5. The number of nitrogens with one attached hydrogen (secondary N) is 1. The molecule has 0 unspecified atom stereocenters. The zero-order chi connectivity index (χ0) is 25.5. The van der Waals surface area contributed by atoms with E-state index in [1.54, 1.807) is 30.3 Å². The molecule has 3 aromatic rings. The maximum atomic E-state index is 12.6. The molecule has 178 valence electrons. The van der Waals surface area contributed by atoms with Gasteiger partial charge in [-0.25, -0.2) is 0 Å².